The zero-order chi connectivity index (χ0) is 17.5. The van der Waals surface area contributed by atoms with E-state index in [1.807, 2.05) is 24.3 Å². The maximum Gasteiger partial charge on any atom is 0.407 e. The number of ether oxygens (including phenoxy) is 1. The predicted molar refractivity (Wildman–Crippen MR) is 95.5 cm³/mol. The first-order valence-corrected chi connectivity index (χ1v) is 8.26. The molecule has 0 saturated carbocycles. The standard InChI is InChI=1S/C18H20N2O3S/c1-12-4-7-16(10-13(12)2)24-15-8-5-14(6-9-15)20-17(21)11-19-18(22)23-3/h4-10H,11H2,1-3H3,(H,19,22)(H,20,21). The van der Waals surface area contributed by atoms with Crippen LogP contribution in [0.1, 0.15) is 11.1 Å². The zero-order valence-corrected chi connectivity index (χ0v) is 14.7. The van der Waals surface area contributed by atoms with E-state index in [0.717, 1.165) is 4.90 Å². The molecule has 0 unspecified atom stereocenters. The van der Waals surface area contributed by atoms with Crippen molar-refractivity contribution in [3.8, 4) is 0 Å². The molecule has 2 aromatic rings. The summed E-state index contributed by atoms with van der Waals surface area (Å²) in [6, 6.07) is 13.9. The molecule has 0 bridgehead atoms. The number of benzene rings is 2. The lowest BCUT2D eigenvalue weighted by Crippen LogP contribution is -2.32. The topological polar surface area (TPSA) is 67.4 Å². The fourth-order valence-corrected chi connectivity index (χ4v) is 2.87. The van der Waals surface area contributed by atoms with Crippen LogP contribution in [0.2, 0.25) is 0 Å². The molecule has 0 fully saturated rings. The van der Waals surface area contributed by atoms with Crippen molar-refractivity contribution in [3.63, 3.8) is 0 Å². The number of carbonyl (C=O) groups excluding carboxylic acids is 2. The summed E-state index contributed by atoms with van der Waals surface area (Å²) in [6.07, 6.45) is -0.634. The molecule has 0 aromatic heterocycles. The molecular formula is C18H20N2O3S. The Balaban J connectivity index is 1.91. The van der Waals surface area contributed by atoms with Crippen LogP contribution in [-0.4, -0.2) is 25.7 Å². The Morgan fingerprint density at radius 3 is 2.29 bits per heavy atom. The SMILES string of the molecule is COC(=O)NCC(=O)Nc1ccc(Sc2ccc(C)c(C)c2)cc1. The van der Waals surface area contributed by atoms with Crippen LogP contribution in [0, 0.1) is 13.8 Å². The van der Waals surface area contributed by atoms with Gasteiger partial charge in [0.25, 0.3) is 0 Å². The number of anilines is 1. The molecule has 0 radical (unpaired) electrons. The highest BCUT2D eigenvalue weighted by atomic mass is 32.2. The number of aryl methyl sites for hydroxylation is 2. The van der Waals surface area contributed by atoms with Gasteiger partial charge in [0.2, 0.25) is 5.91 Å². The molecule has 126 valence electrons. The van der Waals surface area contributed by atoms with Gasteiger partial charge >= 0.3 is 6.09 Å². The van der Waals surface area contributed by atoms with Gasteiger partial charge in [-0.15, -0.1) is 0 Å². The van der Waals surface area contributed by atoms with Crippen LogP contribution in [0.5, 0.6) is 0 Å². The Bertz CT molecular complexity index is 730. The van der Waals surface area contributed by atoms with Gasteiger partial charge in [-0.05, 0) is 61.4 Å². The number of methoxy groups -OCH3 is 1. The minimum absolute atomic E-state index is 0.133. The molecule has 0 saturated heterocycles. The molecule has 2 rings (SSSR count). The van der Waals surface area contributed by atoms with Crippen LogP contribution < -0.4 is 10.6 Å². The lowest BCUT2D eigenvalue weighted by atomic mass is 10.1. The summed E-state index contributed by atoms with van der Waals surface area (Å²) in [5.41, 5.74) is 3.22. The molecule has 2 N–H and O–H groups in total. The van der Waals surface area contributed by atoms with E-state index in [1.165, 1.54) is 23.1 Å². The smallest absolute Gasteiger partial charge is 0.407 e. The van der Waals surface area contributed by atoms with Crippen molar-refractivity contribution in [2.75, 3.05) is 19.0 Å². The van der Waals surface area contributed by atoms with Crippen molar-refractivity contribution in [2.45, 2.75) is 23.6 Å². The first kappa shape index (κ1) is 17.9. The van der Waals surface area contributed by atoms with Gasteiger partial charge in [0.15, 0.2) is 0 Å². The van der Waals surface area contributed by atoms with Crippen molar-refractivity contribution in [3.05, 3.63) is 53.6 Å². The van der Waals surface area contributed by atoms with Crippen LogP contribution in [-0.2, 0) is 9.53 Å². The fraction of sp³-hybridized carbons (Fsp3) is 0.222. The van der Waals surface area contributed by atoms with Crippen LogP contribution >= 0.6 is 11.8 Å². The first-order chi connectivity index (χ1) is 11.5. The molecular weight excluding hydrogens is 324 g/mol. The van der Waals surface area contributed by atoms with E-state index in [-0.39, 0.29) is 12.5 Å². The summed E-state index contributed by atoms with van der Waals surface area (Å²) in [6.45, 7) is 4.06. The minimum Gasteiger partial charge on any atom is -0.453 e. The largest absolute Gasteiger partial charge is 0.453 e. The number of rotatable bonds is 5. The highest BCUT2D eigenvalue weighted by Gasteiger charge is 2.06. The third-order valence-electron chi connectivity index (χ3n) is 3.43. The van der Waals surface area contributed by atoms with Gasteiger partial charge in [-0.1, -0.05) is 17.8 Å². The predicted octanol–water partition coefficient (Wildman–Crippen LogP) is 3.75. The molecule has 0 heterocycles. The second-order valence-corrected chi connectivity index (χ2v) is 6.41. The first-order valence-electron chi connectivity index (χ1n) is 7.45. The summed E-state index contributed by atoms with van der Waals surface area (Å²) in [5, 5.41) is 5.04. The monoisotopic (exact) mass is 344 g/mol. The van der Waals surface area contributed by atoms with E-state index in [0.29, 0.717) is 5.69 Å². The van der Waals surface area contributed by atoms with E-state index in [1.54, 1.807) is 11.8 Å². The van der Waals surface area contributed by atoms with Crippen LogP contribution in [0.25, 0.3) is 0 Å². The quantitative estimate of drug-likeness (QED) is 0.867. The van der Waals surface area contributed by atoms with Crippen molar-refractivity contribution in [1.82, 2.24) is 5.32 Å². The van der Waals surface area contributed by atoms with Gasteiger partial charge in [0.1, 0.15) is 6.54 Å². The highest BCUT2D eigenvalue weighted by Crippen LogP contribution is 2.29. The number of hydrogen-bond acceptors (Lipinski definition) is 4. The maximum atomic E-state index is 11.7. The second kappa shape index (κ2) is 8.40. The molecule has 0 spiro atoms. The fourth-order valence-electron chi connectivity index (χ4n) is 1.95. The van der Waals surface area contributed by atoms with Crippen molar-refractivity contribution in [1.29, 1.82) is 0 Å². The third kappa shape index (κ3) is 5.31. The molecule has 6 heteroatoms. The number of amides is 2. The van der Waals surface area contributed by atoms with E-state index in [9.17, 15) is 9.59 Å². The molecule has 0 aliphatic rings. The van der Waals surface area contributed by atoms with E-state index >= 15 is 0 Å². The zero-order valence-electron chi connectivity index (χ0n) is 13.9. The van der Waals surface area contributed by atoms with Crippen LogP contribution in [0.15, 0.2) is 52.3 Å². The summed E-state index contributed by atoms with van der Waals surface area (Å²) in [7, 11) is 1.25. The second-order valence-electron chi connectivity index (χ2n) is 5.27. The van der Waals surface area contributed by atoms with E-state index < -0.39 is 6.09 Å². The Hall–Kier alpha value is -2.47. The average molecular weight is 344 g/mol. The minimum atomic E-state index is -0.634. The van der Waals surface area contributed by atoms with Gasteiger partial charge in [-0.2, -0.15) is 0 Å². The summed E-state index contributed by atoms with van der Waals surface area (Å²) >= 11 is 1.67. The van der Waals surface area contributed by atoms with Gasteiger partial charge in [0.05, 0.1) is 7.11 Å². The molecule has 0 atom stereocenters. The summed E-state index contributed by atoms with van der Waals surface area (Å²) < 4.78 is 4.41. The lowest BCUT2D eigenvalue weighted by molar-refractivity contribution is -0.115. The third-order valence-corrected chi connectivity index (χ3v) is 4.43. The maximum absolute atomic E-state index is 11.7. The van der Waals surface area contributed by atoms with Gasteiger partial charge in [-0.25, -0.2) is 4.79 Å². The van der Waals surface area contributed by atoms with Crippen molar-refractivity contribution < 1.29 is 14.3 Å². The number of carbonyl (C=O) groups is 2. The Morgan fingerprint density at radius 2 is 1.67 bits per heavy atom. The Kier molecular flexibility index (Phi) is 6.26. The summed E-state index contributed by atoms with van der Waals surface area (Å²) in [5.74, 6) is -0.310. The van der Waals surface area contributed by atoms with Crippen molar-refractivity contribution in [2.24, 2.45) is 0 Å². The van der Waals surface area contributed by atoms with Crippen LogP contribution in [0.3, 0.4) is 0 Å². The highest BCUT2D eigenvalue weighted by molar-refractivity contribution is 7.99. The number of nitrogens with one attached hydrogen (secondary N) is 2. The van der Waals surface area contributed by atoms with Gasteiger partial charge in [-0.3, -0.25) is 4.79 Å². The Labute approximate surface area is 145 Å². The molecule has 24 heavy (non-hydrogen) atoms. The normalized spacial score (nSPS) is 10.1. The molecule has 5 nitrogen and oxygen atoms in total. The molecule has 2 aromatic carbocycles. The molecule has 0 aliphatic heterocycles. The molecule has 0 aliphatic carbocycles. The number of alkyl carbamates (subject to hydrolysis) is 1. The van der Waals surface area contributed by atoms with E-state index in [2.05, 4.69) is 47.4 Å². The van der Waals surface area contributed by atoms with Crippen LogP contribution in [0.4, 0.5) is 10.5 Å². The average Bonchev–Trinajstić information content (AvgIpc) is 2.58. The number of hydrogen-bond donors (Lipinski definition) is 2. The van der Waals surface area contributed by atoms with Gasteiger partial charge < -0.3 is 15.4 Å². The molecule has 2 amide bonds. The summed E-state index contributed by atoms with van der Waals surface area (Å²) in [4.78, 5) is 24.9. The Morgan fingerprint density at radius 1 is 1.00 bits per heavy atom. The van der Waals surface area contributed by atoms with Gasteiger partial charge in [0, 0.05) is 15.5 Å². The lowest BCUT2D eigenvalue weighted by Gasteiger charge is -2.08. The van der Waals surface area contributed by atoms with Crippen molar-refractivity contribution >= 4 is 29.4 Å². The van der Waals surface area contributed by atoms with E-state index in [4.69, 9.17) is 0 Å².